The molecule has 0 N–H and O–H groups in total. The van der Waals surface area contributed by atoms with E-state index in [-0.39, 0.29) is 18.8 Å². The van der Waals surface area contributed by atoms with Gasteiger partial charge in [0, 0.05) is 36.8 Å². The summed E-state index contributed by atoms with van der Waals surface area (Å²) in [4.78, 5) is 15.2. The lowest BCUT2D eigenvalue weighted by molar-refractivity contribution is 0.104. The summed E-state index contributed by atoms with van der Waals surface area (Å²) in [5.74, 6) is 1.78. The van der Waals surface area contributed by atoms with Gasteiger partial charge in [-0.05, 0) is 92.2 Å². The number of ether oxygens (including phenoxy) is 4. The number of carbonyl (C=O) groups excluding carboxylic acids is 1. The molecule has 0 bridgehead atoms. The fourth-order valence-electron chi connectivity index (χ4n) is 9.63. The van der Waals surface area contributed by atoms with E-state index < -0.39 is 11.5 Å². The van der Waals surface area contributed by atoms with Crippen LogP contribution in [0.3, 0.4) is 0 Å². The van der Waals surface area contributed by atoms with Gasteiger partial charge >= 0.3 is 6.09 Å². The number of carbonyl (C=O) groups is 1. The molecule has 2 aliphatic heterocycles. The molecule has 2 fully saturated rings. The van der Waals surface area contributed by atoms with E-state index in [1.165, 1.54) is 50.1 Å². The molecule has 0 aromatic heterocycles. The number of benzene rings is 8. The van der Waals surface area contributed by atoms with Gasteiger partial charge in [-0.25, -0.2) is 4.79 Å². The van der Waals surface area contributed by atoms with Crippen LogP contribution >= 0.6 is 0 Å². The van der Waals surface area contributed by atoms with Crippen LogP contribution in [0.5, 0.6) is 11.5 Å². The van der Waals surface area contributed by atoms with Crippen molar-refractivity contribution >= 4 is 11.8 Å². The zero-order chi connectivity index (χ0) is 47.9. The van der Waals surface area contributed by atoms with Crippen molar-refractivity contribution in [1.82, 2.24) is 0 Å². The number of cyclic esters (lactones) is 1. The lowest BCUT2D eigenvalue weighted by atomic mass is 9.74. The molecule has 2 aliphatic rings. The SMILES string of the molecule is Cc1ccc(Cc2ccc(N3CC(COc4c(Cc5ccccc5)cc(C(C)(C)c5cc(Cc6ccccc6)c(OCC6CO6)c(Cc6ccccc6)c5)cc4Cc4ccccc4)OC3=O)cc2)cc1. The van der Waals surface area contributed by atoms with Gasteiger partial charge in [-0.15, -0.1) is 0 Å². The van der Waals surface area contributed by atoms with E-state index in [9.17, 15) is 4.79 Å². The molecule has 0 spiro atoms. The molecule has 6 heteroatoms. The summed E-state index contributed by atoms with van der Waals surface area (Å²) >= 11 is 0. The second-order valence-corrected chi connectivity index (χ2v) is 19.5. The van der Waals surface area contributed by atoms with Crippen LogP contribution in [0.2, 0.25) is 0 Å². The van der Waals surface area contributed by atoms with Crippen LogP contribution in [0, 0.1) is 6.92 Å². The van der Waals surface area contributed by atoms with Gasteiger partial charge in [-0.3, -0.25) is 4.90 Å². The van der Waals surface area contributed by atoms with E-state index in [0.717, 1.165) is 65.3 Å². The number of rotatable bonds is 19. The maximum absolute atomic E-state index is 13.5. The summed E-state index contributed by atoms with van der Waals surface area (Å²) in [5, 5.41) is 0. The van der Waals surface area contributed by atoms with Gasteiger partial charge in [0.15, 0.2) is 6.10 Å². The Labute approximate surface area is 413 Å². The van der Waals surface area contributed by atoms with E-state index in [1.54, 1.807) is 4.90 Å². The third-order valence-corrected chi connectivity index (χ3v) is 13.8. The first-order valence-electron chi connectivity index (χ1n) is 24.7. The summed E-state index contributed by atoms with van der Waals surface area (Å²) < 4.78 is 25.4. The molecule has 352 valence electrons. The maximum atomic E-state index is 13.5. The van der Waals surface area contributed by atoms with E-state index in [4.69, 9.17) is 18.9 Å². The molecule has 2 saturated heterocycles. The van der Waals surface area contributed by atoms with Crippen molar-refractivity contribution in [3.05, 3.63) is 266 Å². The van der Waals surface area contributed by atoms with Gasteiger partial charge in [0.25, 0.3) is 0 Å². The van der Waals surface area contributed by atoms with Crippen LogP contribution in [-0.2, 0) is 47.0 Å². The molecule has 8 aromatic rings. The Bertz CT molecular complexity index is 2880. The minimum atomic E-state index is -0.455. The predicted molar refractivity (Wildman–Crippen MR) is 281 cm³/mol. The van der Waals surface area contributed by atoms with Crippen LogP contribution in [0.25, 0.3) is 0 Å². The van der Waals surface area contributed by atoms with Crippen molar-refractivity contribution in [1.29, 1.82) is 0 Å². The van der Waals surface area contributed by atoms with Crippen molar-refractivity contribution < 1.29 is 23.7 Å². The van der Waals surface area contributed by atoms with E-state index in [1.807, 2.05) is 12.1 Å². The average molecular weight is 924 g/mol. The summed E-state index contributed by atoms with van der Waals surface area (Å²) in [6.07, 6.45) is 2.96. The standard InChI is InChI=1S/C64H61NO5/c1-45-24-26-50(27-25-45)32-51-28-30-58(31-29-51)65-41-59(70-63(65)66)42-68-61-52(33-46-16-8-4-9-17-46)37-56(38-53(61)34-47-18-10-5-11-19-47)64(2,3)57-39-54(35-48-20-12-6-13-21-48)62(69-44-60-43-67-60)55(40-57)36-49-22-14-7-15-23-49/h4-31,37-40,59-60H,32-36,41-44H2,1-3H3. The highest BCUT2D eigenvalue weighted by atomic mass is 16.6. The molecule has 2 unspecified atom stereocenters. The number of anilines is 1. The number of epoxide rings is 1. The summed E-state index contributed by atoms with van der Waals surface area (Å²) in [5.41, 5.74) is 15.8. The summed E-state index contributed by atoms with van der Waals surface area (Å²) in [7, 11) is 0. The Balaban J connectivity index is 1.00. The zero-order valence-electron chi connectivity index (χ0n) is 40.5. The highest BCUT2D eigenvalue weighted by molar-refractivity contribution is 5.89. The fourth-order valence-corrected chi connectivity index (χ4v) is 9.63. The Kier molecular flexibility index (Phi) is 13.9. The lowest BCUT2D eigenvalue weighted by Gasteiger charge is -2.31. The molecule has 0 aliphatic carbocycles. The Morgan fingerprint density at radius 1 is 0.486 bits per heavy atom. The number of nitrogens with zero attached hydrogens (tertiary/aromatic N) is 1. The van der Waals surface area contributed by atoms with Crippen LogP contribution in [-0.4, -0.2) is 44.7 Å². The van der Waals surface area contributed by atoms with Crippen molar-refractivity contribution in [2.75, 3.05) is 31.3 Å². The van der Waals surface area contributed by atoms with Gasteiger partial charge in [-0.2, -0.15) is 0 Å². The van der Waals surface area contributed by atoms with Gasteiger partial charge < -0.3 is 18.9 Å². The van der Waals surface area contributed by atoms with Crippen LogP contribution in [0.1, 0.15) is 86.2 Å². The number of hydrogen-bond acceptors (Lipinski definition) is 5. The van der Waals surface area contributed by atoms with Gasteiger partial charge in [0.05, 0.1) is 13.2 Å². The quantitative estimate of drug-likeness (QED) is 0.0756. The van der Waals surface area contributed by atoms with E-state index in [2.05, 4.69) is 203 Å². The average Bonchev–Trinajstić information content (AvgIpc) is 4.14. The van der Waals surface area contributed by atoms with Crippen LogP contribution in [0.4, 0.5) is 10.5 Å². The smallest absolute Gasteiger partial charge is 0.414 e. The highest BCUT2D eigenvalue weighted by Crippen LogP contribution is 2.42. The molecule has 70 heavy (non-hydrogen) atoms. The first-order chi connectivity index (χ1) is 34.2. The zero-order valence-corrected chi connectivity index (χ0v) is 40.5. The van der Waals surface area contributed by atoms with E-state index >= 15 is 0 Å². The molecule has 0 saturated carbocycles. The molecular formula is C64H61NO5. The topological polar surface area (TPSA) is 60.5 Å². The molecule has 8 aromatic carbocycles. The summed E-state index contributed by atoms with van der Waals surface area (Å²) in [6, 6.07) is 68.9. The monoisotopic (exact) mass is 923 g/mol. The maximum Gasteiger partial charge on any atom is 0.414 e. The van der Waals surface area contributed by atoms with Gasteiger partial charge in [-0.1, -0.05) is 201 Å². The normalized spacial score (nSPS) is 15.4. The summed E-state index contributed by atoms with van der Waals surface area (Å²) in [6.45, 7) is 8.67. The first kappa shape index (κ1) is 46.3. The number of amides is 1. The lowest BCUT2D eigenvalue weighted by Crippen LogP contribution is -2.27. The molecular weight excluding hydrogens is 863 g/mol. The largest absolute Gasteiger partial charge is 0.490 e. The third-order valence-electron chi connectivity index (χ3n) is 13.8. The molecule has 2 heterocycles. The minimum Gasteiger partial charge on any atom is -0.490 e. The molecule has 1 amide bonds. The molecule has 10 rings (SSSR count). The number of aryl methyl sites for hydroxylation is 1. The molecule has 6 nitrogen and oxygen atoms in total. The second-order valence-electron chi connectivity index (χ2n) is 19.5. The molecule has 0 radical (unpaired) electrons. The highest BCUT2D eigenvalue weighted by Gasteiger charge is 2.34. The van der Waals surface area contributed by atoms with Gasteiger partial charge in [0.1, 0.15) is 30.8 Å². The minimum absolute atomic E-state index is 0.129. The van der Waals surface area contributed by atoms with E-state index in [0.29, 0.717) is 26.0 Å². The Morgan fingerprint density at radius 2 is 0.843 bits per heavy atom. The van der Waals surface area contributed by atoms with Crippen molar-refractivity contribution in [3.8, 4) is 11.5 Å². The Morgan fingerprint density at radius 3 is 1.23 bits per heavy atom. The van der Waals surface area contributed by atoms with Crippen molar-refractivity contribution in [2.24, 2.45) is 0 Å². The van der Waals surface area contributed by atoms with Crippen molar-refractivity contribution in [3.63, 3.8) is 0 Å². The second kappa shape index (κ2) is 21.1. The Hall–Kier alpha value is -7.41. The molecule has 2 atom stereocenters. The van der Waals surface area contributed by atoms with Gasteiger partial charge in [0.2, 0.25) is 0 Å². The van der Waals surface area contributed by atoms with Crippen LogP contribution in [0.15, 0.2) is 194 Å². The predicted octanol–water partition coefficient (Wildman–Crippen LogP) is 13.5. The number of hydrogen-bond donors (Lipinski definition) is 0. The third kappa shape index (κ3) is 11.4. The first-order valence-corrected chi connectivity index (χ1v) is 24.7. The fraction of sp³-hybridized carbons (Fsp3) is 0.234. The van der Waals surface area contributed by atoms with Crippen LogP contribution < -0.4 is 14.4 Å². The van der Waals surface area contributed by atoms with Crippen molar-refractivity contribution in [2.45, 2.75) is 70.5 Å².